The number of para-hydroxylation sites is 1. The Hall–Kier alpha value is -2.80. The van der Waals surface area contributed by atoms with Gasteiger partial charge < -0.3 is 14.8 Å². The predicted octanol–water partition coefficient (Wildman–Crippen LogP) is 4.13. The van der Waals surface area contributed by atoms with E-state index in [0.717, 1.165) is 21.3 Å². The fourth-order valence-corrected chi connectivity index (χ4v) is 3.73. The van der Waals surface area contributed by atoms with Gasteiger partial charge in [0, 0.05) is 27.9 Å². The van der Waals surface area contributed by atoms with Crippen LogP contribution in [-0.4, -0.2) is 29.9 Å². The lowest BCUT2D eigenvalue weighted by Crippen LogP contribution is -2.24. The molecule has 1 atom stereocenters. The van der Waals surface area contributed by atoms with Gasteiger partial charge in [-0.05, 0) is 30.3 Å². The Morgan fingerprint density at radius 1 is 1.11 bits per heavy atom. The number of nitrogens with one attached hydrogen (secondary N) is 1. The number of rotatable bonds is 4. The van der Waals surface area contributed by atoms with Gasteiger partial charge in [0.25, 0.3) is 0 Å². The molecular weight excluding hydrogens is 410 g/mol. The summed E-state index contributed by atoms with van der Waals surface area (Å²) in [5.74, 6) is 1.74. The molecule has 1 N–H and O–H groups in total. The number of ether oxygens (including phenoxy) is 2. The van der Waals surface area contributed by atoms with E-state index < -0.39 is 0 Å². The van der Waals surface area contributed by atoms with Gasteiger partial charge in [-0.15, -0.1) is 0 Å². The van der Waals surface area contributed by atoms with E-state index in [1.807, 2.05) is 42.5 Å². The second-order valence-electron chi connectivity index (χ2n) is 6.22. The van der Waals surface area contributed by atoms with Crippen LogP contribution < -0.4 is 14.8 Å². The van der Waals surface area contributed by atoms with Gasteiger partial charge in [-0.25, -0.2) is 4.68 Å². The molecule has 1 amide bonds. The molecule has 1 aromatic heterocycles. The van der Waals surface area contributed by atoms with Gasteiger partial charge in [-0.2, -0.15) is 5.10 Å². The number of aromatic nitrogens is 2. The lowest BCUT2D eigenvalue weighted by molar-refractivity contribution is -0.116. The van der Waals surface area contributed by atoms with E-state index in [9.17, 15) is 4.79 Å². The Kier molecular flexibility index (Phi) is 4.61. The third-order valence-corrected chi connectivity index (χ3v) is 5.23. The molecule has 7 heteroatoms. The van der Waals surface area contributed by atoms with Crippen molar-refractivity contribution in [3.63, 3.8) is 0 Å². The molecule has 0 saturated heterocycles. The van der Waals surface area contributed by atoms with Gasteiger partial charge in [0.1, 0.15) is 5.82 Å². The molecule has 2 aromatic carbocycles. The van der Waals surface area contributed by atoms with Gasteiger partial charge in [-0.1, -0.05) is 28.1 Å². The molecule has 6 nitrogen and oxygen atoms in total. The molecule has 1 unspecified atom stereocenters. The lowest BCUT2D eigenvalue weighted by atomic mass is 9.86. The minimum atomic E-state index is -0.164. The third-order valence-electron chi connectivity index (χ3n) is 4.70. The number of methoxy groups -OCH3 is 2. The number of fused-ring (bicyclic) bond motifs is 1. The van der Waals surface area contributed by atoms with Crippen LogP contribution in [0.15, 0.2) is 53.1 Å². The van der Waals surface area contributed by atoms with Crippen LogP contribution in [0.1, 0.15) is 23.5 Å². The molecule has 1 aliphatic heterocycles. The molecule has 27 heavy (non-hydrogen) atoms. The third kappa shape index (κ3) is 3.08. The smallest absolute Gasteiger partial charge is 0.226 e. The average Bonchev–Trinajstić information content (AvgIpc) is 3.11. The van der Waals surface area contributed by atoms with E-state index in [1.165, 1.54) is 0 Å². The minimum absolute atomic E-state index is 0.0590. The van der Waals surface area contributed by atoms with Gasteiger partial charge in [0.15, 0.2) is 11.5 Å². The summed E-state index contributed by atoms with van der Waals surface area (Å²) >= 11 is 3.44. The van der Waals surface area contributed by atoms with Crippen molar-refractivity contribution in [1.29, 1.82) is 0 Å². The second kappa shape index (κ2) is 7.08. The number of amides is 1. The topological polar surface area (TPSA) is 65.4 Å². The second-order valence-corrected chi connectivity index (χ2v) is 7.14. The molecular formula is C20H18BrN3O3. The van der Waals surface area contributed by atoms with Crippen LogP contribution >= 0.6 is 15.9 Å². The summed E-state index contributed by atoms with van der Waals surface area (Å²) < 4.78 is 13.7. The highest BCUT2D eigenvalue weighted by molar-refractivity contribution is 9.10. The molecule has 3 aromatic rings. The molecule has 0 radical (unpaired) electrons. The molecule has 0 aliphatic carbocycles. The maximum absolute atomic E-state index is 12.5. The summed E-state index contributed by atoms with van der Waals surface area (Å²) in [6.45, 7) is 0. The van der Waals surface area contributed by atoms with Crippen LogP contribution in [0, 0.1) is 0 Å². The Morgan fingerprint density at radius 3 is 2.59 bits per heavy atom. The maximum Gasteiger partial charge on any atom is 0.226 e. The zero-order valence-electron chi connectivity index (χ0n) is 14.9. The Balaban J connectivity index is 1.84. The first kappa shape index (κ1) is 17.6. The van der Waals surface area contributed by atoms with Crippen molar-refractivity contribution < 1.29 is 14.3 Å². The van der Waals surface area contributed by atoms with E-state index in [4.69, 9.17) is 9.47 Å². The highest BCUT2D eigenvalue weighted by atomic mass is 79.9. The van der Waals surface area contributed by atoms with E-state index in [1.54, 1.807) is 25.1 Å². The predicted molar refractivity (Wildman–Crippen MR) is 106 cm³/mol. The van der Waals surface area contributed by atoms with Crippen molar-refractivity contribution in [3.05, 3.63) is 64.3 Å². The normalized spacial score (nSPS) is 15.8. The van der Waals surface area contributed by atoms with Crippen LogP contribution in [0.3, 0.4) is 0 Å². The van der Waals surface area contributed by atoms with Gasteiger partial charge >= 0.3 is 0 Å². The van der Waals surface area contributed by atoms with Crippen molar-refractivity contribution >= 4 is 27.7 Å². The molecule has 2 heterocycles. The number of nitrogens with zero attached hydrogens (tertiary/aromatic N) is 2. The number of carbonyl (C=O) groups excluding carboxylic acids is 1. The summed E-state index contributed by atoms with van der Waals surface area (Å²) in [5.41, 5.74) is 2.73. The van der Waals surface area contributed by atoms with Crippen LogP contribution in [0.5, 0.6) is 11.5 Å². The van der Waals surface area contributed by atoms with Crippen LogP contribution in [0.2, 0.25) is 0 Å². The highest BCUT2D eigenvalue weighted by Gasteiger charge is 2.32. The summed E-state index contributed by atoms with van der Waals surface area (Å²) in [6, 6.07) is 13.5. The Morgan fingerprint density at radius 2 is 1.89 bits per heavy atom. The Bertz CT molecular complexity index is 998. The molecule has 1 aliphatic rings. The van der Waals surface area contributed by atoms with Crippen molar-refractivity contribution in [3.8, 4) is 17.2 Å². The first-order chi connectivity index (χ1) is 13.1. The monoisotopic (exact) mass is 427 g/mol. The summed E-state index contributed by atoms with van der Waals surface area (Å²) in [5, 5.41) is 7.49. The first-order valence-electron chi connectivity index (χ1n) is 8.47. The number of halogens is 1. The SMILES string of the molecule is COc1cccc(C2CC(=O)Nc3c2cnn3-c2ccc(Br)cc2)c1OC. The number of benzene rings is 2. The quantitative estimate of drug-likeness (QED) is 0.679. The zero-order chi connectivity index (χ0) is 19.0. The molecule has 0 spiro atoms. The van der Waals surface area contributed by atoms with Gasteiger partial charge in [-0.3, -0.25) is 4.79 Å². The van der Waals surface area contributed by atoms with Crippen molar-refractivity contribution in [2.75, 3.05) is 19.5 Å². The number of carbonyl (C=O) groups is 1. The van der Waals surface area contributed by atoms with Crippen molar-refractivity contribution in [2.24, 2.45) is 0 Å². The van der Waals surface area contributed by atoms with Crippen LogP contribution in [0.4, 0.5) is 5.82 Å². The average molecular weight is 428 g/mol. The van der Waals surface area contributed by atoms with Crippen molar-refractivity contribution in [2.45, 2.75) is 12.3 Å². The maximum atomic E-state index is 12.5. The van der Waals surface area contributed by atoms with Gasteiger partial charge in [0.2, 0.25) is 5.91 Å². The summed E-state index contributed by atoms with van der Waals surface area (Å²) in [6.07, 6.45) is 2.13. The largest absolute Gasteiger partial charge is 0.493 e. The fraction of sp³-hybridized carbons (Fsp3) is 0.200. The fourth-order valence-electron chi connectivity index (χ4n) is 3.46. The molecule has 0 fully saturated rings. The molecule has 0 bridgehead atoms. The first-order valence-corrected chi connectivity index (χ1v) is 9.26. The van der Waals surface area contributed by atoms with E-state index in [2.05, 4.69) is 26.3 Å². The zero-order valence-corrected chi connectivity index (χ0v) is 16.5. The van der Waals surface area contributed by atoms with Crippen molar-refractivity contribution in [1.82, 2.24) is 9.78 Å². The molecule has 4 rings (SSSR count). The lowest BCUT2D eigenvalue weighted by Gasteiger charge is -2.25. The van der Waals surface area contributed by atoms with Gasteiger partial charge in [0.05, 0.1) is 26.1 Å². The van der Waals surface area contributed by atoms with Crippen LogP contribution in [0.25, 0.3) is 5.69 Å². The van der Waals surface area contributed by atoms with E-state index >= 15 is 0 Å². The standard InChI is InChI=1S/C20H18BrN3O3/c1-26-17-5-3-4-14(19(17)27-2)15-10-18(25)23-20-16(15)11-22-24(20)13-8-6-12(21)7-9-13/h3-9,11,15H,10H2,1-2H3,(H,23,25). The summed E-state index contributed by atoms with van der Waals surface area (Å²) in [4.78, 5) is 12.5. The Labute approximate surface area is 165 Å². The van der Waals surface area contributed by atoms with Crippen LogP contribution in [-0.2, 0) is 4.79 Å². The number of anilines is 1. The van der Waals surface area contributed by atoms with E-state index in [0.29, 0.717) is 23.7 Å². The highest BCUT2D eigenvalue weighted by Crippen LogP contribution is 2.44. The summed E-state index contributed by atoms with van der Waals surface area (Å²) in [7, 11) is 3.21. The molecule has 138 valence electrons. The number of hydrogen-bond donors (Lipinski definition) is 1. The number of hydrogen-bond acceptors (Lipinski definition) is 4. The minimum Gasteiger partial charge on any atom is -0.493 e. The van der Waals surface area contributed by atoms with E-state index in [-0.39, 0.29) is 11.8 Å². The molecule has 0 saturated carbocycles.